The maximum atomic E-state index is 12.8. The van der Waals surface area contributed by atoms with E-state index in [0.29, 0.717) is 11.5 Å². The Hall–Kier alpha value is -3.90. The number of halogens is 3. The van der Waals surface area contributed by atoms with Crippen LogP contribution in [0.25, 0.3) is 22.6 Å². The van der Waals surface area contributed by atoms with Crippen molar-refractivity contribution in [2.45, 2.75) is 12.9 Å². The predicted octanol–water partition coefficient (Wildman–Crippen LogP) is 3.94. The van der Waals surface area contributed by atoms with E-state index in [4.69, 9.17) is 4.74 Å². The SMILES string of the molecule is O=C(Nc1c[nH]nc1-c1nc2cc(CN3CCOCC3)ccc2[nH]1)c1ccccc1OC(F)(F)F. The predicted molar refractivity (Wildman–Crippen MR) is 121 cm³/mol. The molecule has 5 rings (SSSR count). The van der Waals surface area contributed by atoms with Gasteiger partial charge in [0.05, 0.1) is 35.5 Å². The molecule has 1 fully saturated rings. The van der Waals surface area contributed by atoms with Crippen LogP contribution in [0, 0.1) is 0 Å². The van der Waals surface area contributed by atoms with Gasteiger partial charge in [0.1, 0.15) is 5.75 Å². The van der Waals surface area contributed by atoms with Crippen molar-refractivity contribution in [3.8, 4) is 17.3 Å². The summed E-state index contributed by atoms with van der Waals surface area (Å²) in [6.45, 7) is 3.96. The molecule has 182 valence electrons. The number of hydrogen-bond donors (Lipinski definition) is 3. The molecule has 9 nitrogen and oxygen atoms in total. The summed E-state index contributed by atoms with van der Waals surface area (Å²) < 4.78 is 47.5. The Morgan fingerprint density at radius 3 is 2.77 bits per heavy atom. The number of para-hydroxylation sites is 1. The Bertz CT molecular complexity index is 1340. The fraction of sp³-hybridized carbons (Fsp3) is 0.261. The minimum absolute atomic E-state index is 0.254. The van der Waals surface area contributed by atoms with Gasteiger partial charge in [-0.3, -0.25) is 14.8 Å². The number of nitrogens with one attached hydrogen (secondary N) is 3. The highest BCUT2D eigenvalue weighted by Crippen LogP contribution is 2.29. The third kappa shape index (κ3) is 5.28. The number of aromatic nitrogens is 4. The van der Waals surface area contributed by atoms with Crippen LogP contribution >= 0.6 is 0 Å². The molecule has 4 aromatic rings. The molecule has 1 amide bonds. The summed E-state index contributed by atoms with van der Waals surface area (Å²) in [6.07, 6.45) is -3.50. The second-order valence-electron chi connectivity index (χ2n) is 7.97. The Kier molecular flexibility index (Phi) is 6.14. The van der Waals surface area contributed by atoms with Crippen molar-refractivity contribution < 1.29 is 27.4 Å². The number of ether oxygens (including phenoxy) is 2. The number of H-pyrrole nitrogens is 2. The number of rotatable bonds is 6. The van der Waals surface area contributed by atoms with E-state index >= 15 is 0 Å². The molecule has 2 aromatic heterocycles. The standard InChI is InChI=1S/C23H21F3N6O3/c24-23(25,26)35-19-4-2-1-3-15(19)22(33)30-18-12-27-31-20(18)21-28-16-6-5-14(11-17(16)29-21)13-32-7-9-34-10-8-32/h1-6,11-12H,7-10,13H2,(H,27,31)(H,28,29)(H,30,33). The molecule has 3 heterocycles. The zero-order valence-corrected chi connectivity index (χ0v) is 18.4. The number of imidazole rings is 1. The first-order chi connectivity index (χ1) is 16.9. The van der Waals surface area contributed by atoms with Gasteiger partial charge in [0.25, 0.3) is 5.91 Å². The summed E-state index contributed by atoms with van der Waals surface area (Å²) in [4.78, 5) is 22.9. The van der Waals surface area contributed by atoms with Gasteiger partial charge in [-0.25, -0.2) is 4.98 Å². The Morgan fingerprint density at radius 2 is 1.97 bits per heavy atom. The minimum atomic E-state index is -4.92. The minimum Gasteiger partial charge on any atom is -0.405 e. The summed E-state index contributed by atoms with van der Waals surface area (Å²) in [7, 11) is 0. The van der Waals surface area contributed by atoms with Crippen LogP contribution < -0.4 is 10.1 Å². The molecule has 0 spiro atoms. The maximum Gasteiger partial charge on any atom is 0.573 e. The number of fused-ring (bicyclic) bond motifs is 1. The Labute approximate surface area is 197 Å². The second kappa shape index (κ2) is 9.39. The third-order valence-electron chi connectivity index (χ3n) is 5.53. The van der Waals surface area contributed by atoms with Crippen molar-refractivity contribution in [1.29, 1.82) is 0 Å². The number of alkyl halides is 3. The normalized spacial score (nSPS) is 14.8. The molecular formula is C23H21F3N6O3. The third-order valence-corrected chi connectivity index (χ3v) is 5.53. The number of amides is 1. The van der Waals surface area contributed by atoms with Gasteiger partial charge in [-0.2, -0.15) is 5.10 Å². The molecule has 0 saturated carbocycles. The molecule has 0 atom stereocenters. The molecule has 35 heavy (non-hydrogen) atoms. The first-order valence-corrected chi connectivity index (χ1v) is 10.8. The van der Waals surface area contributed by atoms with Crippen LogP contribution in [0.1, 0.15) is 15.9 Å². The molecule has 0 radical (unpaired) electrons. The summed E-state index contributed by atoms with van der Waals surface area (Å²) >= 11 is 0. The zero-order valence-electron chi connectivity index (χ0n) is 18.4. The lowest BCUT2D eigenvalue weighted by Gasteiger charge is -2.26. The number of hydrogen-bond acceptors (Lipinski definition) is 6. The fourth-order valence-electron chi connectivity index (χ4n) is 3.90. The molecule has 1 saturated heterocycles. The molecule has 12 heteroatoms. The summed E-state index contributed by atoms with van der Waals surface area (Å²) in [5.74, 6) is -0.976. The second-order valence-corrected chi connectivity index (χ2v) is 7.97. The molecule has 1 aliphatic heterocycles. The lowest BCUT2D eigenvalue weighted by atomic mass is 10.2. The van der Waals surface area contributed by atoms with Gasteiger partial charge < -0.3 is 19.8 Å². The number of nitrogens with zero attached hydrogens (tertiary/aromatic N) is 3. The number of benzene rings is 2. The van der Waals surface area contributed by atoms with Crippen molar-refractivity contribution in [1.82, 2.24) is 25.1 Å². The molecular weight excluding hydrogens is 465 g/mol. The highest BCUT2D eigenvalue weighted by atomic mass is 19.4. The number of carbonyl (C=O) groups is 1. The van der Waals surface area contributed by atoms with Gasteiger partial charge in [-0.15, -0.1) is 13.2 Å². The monoisotopic (exact) mass is 486 g/mol. The average Bonchev–Trinajstić information content (AvgIpc) is 3.45. The maximum absolute atomic E-state index is 12.8. The fourth-order valence-corrected chi connectivity index (χ4v) is 3.90. The number of morpholine rings is 1. The van der Waals surface area contributed by atoms with Crippen LogP contribution in [0.4, 0.5) is 18.9 Å². The van der Waals surface area contributed by atoms with Gasteiger partial charge >= 0.3 is 6.36 Å². The van der Waals surface area contributed by atoms with Crippen molar-refractivity contribution in [3.63, 3.8) is 0 Å². The number of aromatic amines is 2. The smallest absolute Gasteiger partial charge is 0.405 e. The van der Waals surface area contributed by atoms with Gasteiger partial charge in [0, 0.05) is 25.8 Å². The number of anilines is 1. The lowest BCUT2D eigenvalue weighted by Crippen LogP contribution is -2.35. The largest absolute Gasteiger partial charge is 0.573 e. The molecule has 1 aliphatic rings. The topological polar surface area (TPSA) is 108 Å². The molecule has 0 unspecified atom stereocenters. The van der Waals surface area contributed by atoms with E-state index in [9.17, 15) is 18.0 Å². The van der Waals surface area contributed by atoms with Crippen molar-refractivity contribution >= 4 is 22.6 Å². The van der Waals surface area contributed by atoms with Crippen LogP contribution in [0.15, 0.2) is 48.7 Å². The Balaban J connectivity index is 1.36. The average molecular weight is 486 g/mol. The lowest BCUT2D eigenvalue weighted by molar-refractivity contribution is -0.274. The van der Waals surface area contributed by atoms with Crippen LogP contribution in [0.3, 0.4) is 0 Å². The number of carbonyl (C=O) groups excluding carboxylic acids is 1. The first kappa shape index (κ1) is 22.9. The van der Waals surface area contributed by atoms with E-state index in [1.807, 2.05) is 18.2 Å². The van der Waals surface area contributed by atoms with E-state index in [2.05, 4.69) is 35.1 Å². The van der Waals surface area contributed by atoms with Gasteiger partial charge in [-0.05, 0) is 29.8 Å². The van der Waals surface area contributed by atoms with E-state index in [0.717, 1.165) is 55.5 Å². The van der Waals surface area contributed by atoms with Gasteiger partial charge in [0.2, 0.25) is 0 Å². The zero-order chi connectivity index (χ0) is 24.4. The summed E-state index contributed by atoms with van der Waals surface area (Å²) in [6, 6.07) is 11.0. The van der Waals surface area contributed by atoms with Crippen molar-refractivity contribution in [3.05, 3.63) is 59.8 Å². The molecule has 0 aliphatic carbocycles. The van der Waals surface area contributed by atoms with Crippen molar-refractivity contribution in [2.75, 3.05) is 31.6 Å². The highest BCUT2D eigenvalue weighted by Gasteiger charge is 2.33. The summed E-state index contributed by atoms with van der Waals surface area (Å²) in [5.41, 5.74) is 2.93. The van der Waals surface area contributed by atoms with Crippen molar-refractivity contribution in [2.24, 2.45) is 0 Å². The quantitative estimate of drug-likeness (QED) is 0.381. The van der Waals surface area contributed by atoms with Gasteiger partial charge in [-0.1, -0.05) is 18.2 Å². The summed E-state index contributed by atoms with van der Waals surface area (Å²) in [5, 5.41) is 9.40. The Morgan fingerprint density at radius 1 is 1.17 bits per heavy atom. The van der Waals surface area contributed by atoms with Crippen LogP contribution in [-0.4, -0.2) is 63.6 Å². The molecule has 3 N–H and O–H groups in total. The first-order valence-electron chi connectivity index (χ1n) is 10.8. The highest BCUT2D eigenvalue weighted by molar-refractivity contribution is 6.07. The van der Waals surface area contributed by atoms with Crippen LogP contribution in [0.5, 0.6) is 5.75 Å². The van der Waals surface area contributed by atoms with E-state index < -0.39 is 18.0 Å². The van der Waals surface area contributed by atoms with E-state index in [-0.39, 0.29) is 11.3 Å². The van der Waals surface area contributed by atoms with Crippen LogP contribution in [-0.2, 0) is 11.3 Å². The van der Waals surface area contributed by atoms with Gasteiger partial charge in [0.15, 0.2) is 11.5 Å². The molecule has 0 bridgehead atoms. The van der Waals surface area contributed by atoms with E-state index in [1.54, 1.807) is 0 Å². The molecule has 2 aromatic carbocycles. The van der Waals surface area contributed by atoms with E-state index in [1.165, 1.54) is 24.4 Å². The van der Waals surface area contributed by atoms with Crippen LogP contribution in [0.2, 0.25) is 0 Å².